The summed E-state index contributed by atoms with van der Waals surface area (Å²) < 4.78 is 7.71. The van der Waals surface area contributed by atoms with E-state index in [4.69, 9.17) is 16.0 Å². The van der Waals surface area contributed by atoms with E-state index in [2.05, 4.69) is 27.8 Å². The van der Waals surface area contributed by atoms with Crippen LogP contribution in [0.1, 0.15) is 48.1 Å². The third kappa shape index (κ3) is 3.23. The highest BCUT2D eigenvalue weighted by Crippen LogP contribution is 2.42. The van der Waals surface area contributed by atoms with Crippen LogP contribution in [-0.4, -0.2) is 14.8 Å². The Morgan fingerprint density at radius 1 is 1.25 bits per heavy atom. The molecule has 1 atom stereocenters. The van der Waals surface area contributed by atoms with E-state index in [1.807, 2.05) is 30.3 Å². The third-order valence-corrected chi connectivity index (χ3v) is 5.67. The van der Waals surface area contributed by atoms with Gasteiger partial charge in [-0.2, -0.15) is 0 Å². The molecule has 0 saturated heterocycles. The molecule has 24 heavy (non-hydrogen) atoms. The number of thioether (sulfide) groups is 1. The fourth-order valence-corrected chi connectivity index (χ4v) is 4.15. The van der Waals surface area contributed by atoms with E-state index >= 15 is 0 Å². The Balaban J connectivity index is 1.61. The second kappa shape index (κ2) is 6.65. The van der Waals surface area contributed by atoms with Gasteiger partial charge in [0.1, 0.15) is 11.6 Å². The summed E-state index contributed by atoms with van der Waals surface area (Å²) in [5.74, 6) is 2.53. The van der Waals surface area contributed by atoms with E-state index in [9.17, 15) is 0 Å². The Labute approximate surface area is 150 Å². The molecule has 0 bridgehead atoms. The lowest BCUT2D eigenvalue weighted by Gasteiger charge is -2.14. The Morgan fingerprint density at radius 2 is 2.08 bits per heavy atom. The lowest BCUT2D eigenvalue weighted by molar-refractivity contribution is 0.478. The smallest absolute Gasteiger partial charge is 0.192 e. The van der Waals surface area contributed by atoms with Crippen molar-refractivity contribution in [2.45, 2.75) is 42.6 Å². The van der Waals surface area contributed by atoms with E-state index in [-0.39, 0.29) is 5.25 Å². The molecule has 1 aromatic carbocycles. The van der Waals surface area contributed by atoms with Crippen LogP contribution in [-0.2, 0) is 6.54 Å². The first-order valence-electron chi connectivity index (χ1n) is 8.09. The minimum Gasteiger partial charge on any atom is -0.467 e. The van der Waals surface area contributed by atoms with Gasteiger partial charge >= 0.3 is 0 Å². The summed E-state index contributed by atoms with van der Waals surface area (Å²) in [6, 6.07) is 11.9. The van der Waals surface area contributed by atoms with Crippen molar-refractivity contribution in [2.24, 2.45) is 0 Å². The molecule has 1 aliphatic rings. The van der Waals surface area contributed by atoms with Crippen LogP contribution in [0.4, 0.5) is 0 Å². The van der Waals surface area contributed by atoms with E-state index in [0.717, 1.165) is 27.3 Å². The van der Waals surface area contributed by atoms with Crippen molar-refractivity contribution in [1.29, 1.82) is 0 Å². The molecule has 1 fully saturated rings. The second-order valence-electron chi connectivity index (χ2n) is 6.06. The third-order valence-electron chi connectivity index (χ3n) is 4.21. The van der Waals surface area contributed by atoms with Gasteiger partial charge in [-0.05, 0) is 43.5 Å². The summed E-state index contributed by atoms with van der Waals surface area (Å²) in [6.45, 7) is 2.82. The normalized spacial score (nSPS) is 15.6. The monoisotopic (exact) mass is 359 g/mol. The lowest BCUT2D eigenvalue weighted by atomic mass is 10.2. The quantitative estimate of drug-likeness (QED) is 0.560. The zero-order valence-corrected chi connectivity index (χ0v) is 14.9. The maximum Gasteiger partial charge on any atom is 0.192 e. The van der Waals surface area contributed by atoms with E-state index in [0.29, 0.717) is 12.5 Å². The molecule has 2 aromatic heterocycles. The summed E-state index contributed by atoms with van der Waals surface area (Å²) in [7, 11) is 0. The van der Waals surface area contributed by atoms with Gasteiger partial charge in [0, 0.05) is 16.2 Å². The summed E-state index contributed by atoms with van der Waals surface area (Å²) in [5.41, 5.74) is 1.12. The molecule has 0 N–H and O–H groups in total. The molecule has 4 rings (SSSR count). The van der Waals surface area contributed by atoms with Crippen LogP contribution < -0.4 is 0 Å². The van der Waals surface area contributed by atoms with Crippen LogP contribution in [0.5, 0.6) is 0 Å². The fraction of sp³-hybridized carbons (Fsp3) is 0.333. The van der Waals surface area contributed by atoms with Gasteiger partial charge in [-0.15, -0.1) is 10.2 Å². The van der Waals surface area contributed by atoms with Gasteiger partial charge in [-0.1, -0.05) is 41.6 Å². The number of nitrogens with zero attached hydrogens (tertiary/aromatic N) is 3. The predicted octanol–water partition coefficient (Wildman–Crippen LogP) is 5.30. The van der Waals surface area contributed by atoms with Crippen LogP contribution in [0, 0.1) is 0 Å². The van der Waals surface area contributed by atoms with Gasteiger partial charge in [0.05, 0.1) is 12.8 Å². The minimum absolute atomic E-state index is 0.199. The van der Waals surface area contributed by atoms with Gasteiger partial charge in [-0.3, -0.25) is 4.57 Å². The molecule has 1 saturated carbocycles. The van der Waals surface area contributed by atoms with Crippen molar-refractivity contribution in [3.05, 3.63) is 64.8 Å². The Bertz CT molecular complexity index is 827. The summed E-state index contributed by atoms with van der Waals surface area (Å²) in [6.07, 6.45) is 4.09. The van der Waals surface area contributed by atoms with Crippen molar-refractivity contribution in [3.8, 4) is 0 Å². The standard InChI is InChI=1S/C18H18ClN3OS/c1-12(15-6-2-3-7-16(15)19)24-18-21-20-17(13-8-9-13)22(18)11-14-5-4-10-23-14/h2-7,10,12-13H,8-9,11H2,1H3. The van der Waals surface area contributed by atoms with Crippen molar-refractivity contribution < 1.29 is 4.42 Å². The molecule has 4 nitrogen and oxygen atoms in total. The predicted molar refractivity (Wildman–Crippen MR) is 95.5 cm³/mol. The molecule has 1 unspecified atom stereocenters. The molecule has 6 heteroatoms. The maximum absolute atomic E-state index is 6.33. The number of hydrogen-bond donors (Lipinski definition) is 0. The molecule has 0 aliphatic heterocycles. The molecule has 0 spiro atoms. The van der Waals surface area contributed by atoms with Crippen molar-refractivity contribution in [1.82, 2.24) is 14.8 Å². The number of hydrogen-bond acceptors (Lipinski definition) is 4. The van der Waals surface area contributed by atoms with Gasteiger partial charge < -0.3 is 4.42 Å². The van der Waals surface area contributed by atoms with Crippen LogP contribution in [0.3, 0.4) is 0 Å². The molecule has 2 heterocycles. The minimum atomic E-state index is 0.199. The number of benzene rings is 1. The molecule has 0 radical (unpaired) electrons. The first kappa shape index (κ1) is 15.8. The number of halogens is 1. The zero-order chi connectivity index (χ0) is 16.5. The maximum atomic E-state index is 6.33. The first-order chi connectivity index (χ1) is 11.7. The van der Waals surface area contributed by atoms with Crippen molar-refractivity contribution in [3.63, 3.8) is 0 Å². The number of furan rings is 1. The van der Waals surface area contributed by atoms with Crippen molar-refractivity contribution >= 4 is 23.4 Å². The van der Waals surface area contributed by atoms with E-state index in [1.165, 1.54) is 12.8 Å². The summed E-state index contributed by atoms with van der Waals surface area (Å²) >= 11 is 8.02. The van der Waals surface area contributed by atoms with Gasteiger partial charge in [0.25, 0.3) is 0 Å². The topological polar surface area (TPSA) is 43.9 Å². The fourth-order valence-electron chi connectivity index (χ4n) is 2.76. The Hall–Kier alpha value is -1.72. The van der Waals surface area contributed by atoms with Crippen LogP contribution in [0.15, 0.2) is 52.2 Å². The molecule has 3 aromatic rings. The SMILES string of the molecule is CC(Sc1nnc(C2CC2)n1Cc1ccco1)c1ccccc1Cl. The molecule has 124 valence electrons. The Kier molecular flexibility index (Phi) is 4.37. The molecule has 1 aliphatic carbocycles. The molecule has 0 amide bonds. The van der Waals surface area contributed by atoms with E-state index < -0.39 is 0 Å². The molecular weight excluding hydrogens is 342 g/mol. The Morgan fingerprint density at radius 3 is 2.79 bits per heavy atom. The largest absolute Gasteiger partial charge is 0.467 e. The average molecular weight is 360 g/mol. The van der Waals surface area contributed by atoms with Crippen LogP contribution >= 0.6 is 23.4 Å². The average Bonchev–Trinajstić information content (AvgIpc) is 3.15. The van der Waals surface area contributed by atoms with E-state index in [1.54, 1.807) is 18.0 Å². The lowest BCUT2D eigenvalue weighted by Crippen LogP contribution is -2.06. The second-order valence-corrected chi connectivity index (χ2v) is 7.78. The number of aromatic nitrogens is 3. The van der Waals surface area contributed by atoms with Gasteiger partial charge in [0.2, 0.25) is 0 Å². The zero-order valence-electron chi connectivity index (χ0n) is 13.4. The van der Waals surface area contributed by atoms with Crippen molar-refractivity contribution in [2.75, 3.05) is 0 Å². The summed E-state index contributed by atoms with van der Waals surface area (Å²) in [4.78, 5) is 0. The van der Waals surface area contributed by atoms with Gasteiger partial charge in [-0.25, -0.2) is 0 Å². The highest BCUT2D eigenvalue weighted by Gasteiger charge is 2.31. The highest BCUT2D eigenvalue weighted by atomic mass is 35.5. The number of rotatable bonds is 6. The van der Waals surface area contributed by atoms with Crippen LogP contribution in [0.25, 0.3) is 0 Å². The highest BCUT2D eigenvalue weighted by molar-refractivity contribution is 7.99. The van der Waals surface area contributed by atoms with Crippen LogP contribution in [0.2, 0.25) is 5.02 Å². The van der Waals surface area contributed by atoms with Gasteiger partial charge in [0.15, 0.2) is 5.16 Å². The summed E-state index contributed by atoms with van der Waals surface area (Å²) in [5, 5.41) is 10.8. The molecular formula is C18H18ClN3OS. The first-order valence-corrected chi connectivity index (χ1v) is 9.34.